The molecule has 21 heavy (non-hydrogen) atoms. The predicted molar refractivity (Wildman–Crippen MR) is 82.5 cm³/mol. The maximum absolute atomic E-state index is 12.3. The van der Waals surface area contributed by atoms with Crippen molar-refractivity contribution < 1.29 is 13.5 Å². The Morgan fingerprint density at radius 2 is 2.05 bits per heavy atom. The number of nitrogens with zero attached hydrogens (tertiary/aromatic N) is 2. The molecule has 6 nitrogen and oxygen atoms in total. The molecule has 0 saturated carbocycles. The summed E-state index contributed by atoms with van der Waals surface area (Å²) < 4.78 is 27.0. The monoisotopic (exact) mass is 367 g/mol. The van der Waals surface area contributed by atoms with Gasteiger partial charge in [-0.1, -0.05) is 41.5 Å². The van der Waals surface area contributed by atoms with Gasteiger partial charge in [-0.25, -0.2) is 8.42 Å². The topological polar surface area (TPSA) is 92.2 Å². The maximum Gasteiger partial charge on any atom is 0.265 e. The number of aryl methyl sites for hydroxylation is 1. The first kappa shape index (κ1) is 16.4. The Hall–Kier alpha value is -0.930. The Balaban J connectivity index is 2.42. The maximum atomic E-state index is 12.3. The molecule has 2 N–H and O–H groups in total. The van der Waals surface area contributed by atoms with E-state index in [0.29, 0.717) is 11.4 Å². The minimum Gasteiger partial charge on any atom is -0.392 e. The van der Waals surface area contributed by atoms with E-state index < -0.39 is 16.6 Å². The average Bonchev–Trinajstić information content (AvgIpc) is 2.87. The molecule has 2 rings (SSSR count). The molecular weight excluding hydrogens is 357 g/mol. The summed E-state index contributed by atoms with van der Waals surface area (Å²) in [5, 5.41) is 17.7. The number of aliphatic hydroxyl groups is 1. The minimum absolute atomic E-state index is 0.0744. The van der Waals surface area contributed by atoms with E-state index in [9.17, 15) is 13.5 Å². The second-order valence-corrected chi connectivity index (χ2v) is 7.52. The van der Waals surface area contributed by atoms with Crippen LogP contribution in [0.1, 0.15) is 17.5 Å². The lowest BCUT2D eigenvalue weighted by Gasteiger charge is -2.10. The number of aliphatic hydroxyl groups excluding tert-OH is 1. The summed E-state index contributed by atoms with van der Waals surface area (Å²) >= 11 is 13.0. The van der Waals surface area contributed by atoms with Crippen LogP contribution in [0, 0.1) is 0 Å². The summed E-state index contributed by atoms with van der Waals surface area (Å²) in [4.78, 5) is -0.214. The summed E-state index contributed by atoms with van der Waals surface area (Å²) in [5.74, 6) is 0. The van der Waals surface area contributed by atoms with Crippen LogP contribution in [0.5, 0.6) is 0 Å². The van der Waals surface area contributed by atoms with Crippen LogP contribution in [0.2, 0.25) is 10.0 Å². The molecule has 0 saturated heterocycles. The number of nitrogens with one attached hydrogen (secondary N) is 1. The number of aromatic nitrogens is 2. The molecule has 0 aliphatic heterocycles. The van der Waals surface area contributed by atoms with Crippen LogP contribution in [0.15, 0.2) is 17.0 Å². The van der Waals surface area contributed by atoms with E-state index >= 15 is 0 Å². The number of anilines is 1. The molecule has 0 unspecified atom stereocenters. The van der Waals surface area contributed by atoms with Crippen molar-refractivity contribution in [3.05, 3.63) is 32.7 Å². The Labute approximate surface area is 135 Å². The summed E-state index contributed by atoms with van der Waals surface area (Å²) in [6.07, 6.45) is 0.659. The highest BCUT2D eigenvalue weighted by Gasteiger charge is 2.22. The quantitative estimate of drug-likeness (QED) is 0.847. The molecule has 0 spiro atoms. The van der Waals surface area contributed by atoms with Crippen molar-refractivity contribution in [2.24, 2.45) is 0 Å². The Kier molecular flexibility index (Phi) is 5.05. The van der Waals surface area contributed by atoms with Crippen LogP contribution < -0.4 is 4.72 Å². The fraction of sp³-hybridized carbons (Fsp3) is 0.273. The van der Waals surface area contributed by atoms with E-state index in [-0.39, 0.29) is 25.6 Å². The normalized spacial score (nSPS) is 11.6. The van der Waals surface area contributed by atoms with E-state index in [1.165, 1.54) is 12.1 Å². The van der Waals surface area contributed by atoms with Crippen molar-refractivity contribution in [2.45, 2.75) is 24.8 Å². The average molecular weight is 368 g/mol. The van der Waals surface area contributed by atoms with Gasteiger partial charge in [-0.2, -0.15) is 0 Å². The molecular formula is C11H11Cl2N3O3S2. The van der Waals surface area contributed by atoms with Crippen LogP contribution >= 0.6 is 34.5 Å². The van der Waals surface area contributed by atoms with Gasteiger partial charge >= 0.3 is 0 Å². The van der Waals surface area contributed by atoms with Crippen LogP contribution in [0.4, 0.5) is 5.13 Å². The molecule has 0 radical (unpaired) electrons. The highest BCUT2D eigenvalue weighted by Crippen LogP contribution is 2.31. The molecule has 1 aromatic carbocycles. The molecule has 10 heteroatoms. The first-order chi connectivity index (χ1) is 9.87. The van der Waals surface area contributed by atoms with Crippen molar-refractivity contribution in [1.82, 2.24) is 10.2 Å². The van der Waals surface area contributed by atoms with E-state index in [1.54, 1.807) is 0 Å². The van der Waals surface area contributed by atoms with Gasteiger partial charge in [0, 0.05) is 5.02 Å². The van der Waals surface area contributed by atoms with Gasteiger partial charge in [0.1, 0.15) is 9.90 Å². The molecule has 2 aromatic rings. The van der Waals surface area contributed by atoms with Gasteiger partial charge in [-0.15, -0.1) is 10.2 Å². The molecule has 0 amide bonds. The lowest BCUT2D eigenvalue weighted by molar-refractivity contribution is 0.281. The van der Waals surface area contributed by atoms with Crippen LogP contribution in [0.25, 0.3) is 0 Å². The summed E-state index contributed by atoms with van der Waals surface area (Å²) in [7, 11) is -3.96. The van der Waals surface area contributed by atoms with E-state index in [4.69, 9.17) is 23.2 Å². The van der Waals surface area contributed by atoms with Crippen molar-refractivity contribution in [1.29, 1.82) is 0 Å². The van der Waals surface area contributed by atoms with E-state index in [0.717, 1.165) is 11.3 Å². The van der Waals surface area contributed by atoms with Crippen LogP contribution in [-0.2, 0) is 23.1 Å². The van der Waals surface area contributed by atoms with Gasteiger partial charge in [0.2, 0.25) is 5.13 Å². The highest BCUT2D eigenvalue weighted by atomic mass is 35.5. The zero-order valence-electron chi connectivity index (χ0n) is 10.8. The molecule has 0 aliphatic rings. The third-order valence-electron chi connectivity index (χ3n) is 2.53. The molecule has 1 aromatic heterocycles. The van der Waals surface area contributed by atoms with E-state index in [1.807, 2.05) is 6.92 Å². The van der Waals surface area contributed by atoms with Crippen LogP contribution in [-0.4, -0.2) is 23.7 Å². The summed E-state index contributed by atoms with van der Waals surface area (Å²) in [5.41, 5.74) is 0.232. The zero-order chi connectivity index (χ0) is 15.6. The minimum atomic E-state index is -3.96. The van der Waals surface area contributed by atoms with Gasteiger partial charge in [0.15, 0.2) is 0 Å². The predicted octanol–water partition coefficient (Wildman–Crippen LogP) is 2.70. The SMILES string of the molecule is CCc1nnc(NS(=O)(=O)c2cc(Cl)cc(CO)c2Cl)s1. The fourth-order valence-corrected chi connectivity index (χ4v) is 4.37. The second-order valence-electron chi connectivity index (χ2n) is 4.00. The third kappa shape index (κ3) is 3.64. The first-order valence-electron chi connectivity index (χ1n) is 5.81. The van der Waals surface area contributed by atoms with Gasteiger partial charge in [-0.05, 0) is 24.1 Å². The third-order valence-corrected chi connectivity index (χ3v) is 5.78. The summed E-state index contributed by atoms with van der Waals surface area (Å²) in [6, 6.07) is 2.62. The molecule has 0 atom stereocenters. The van der Waals surface area contributed by atoms with Gasteiger partial charge in [0.25, 0.3) is 10.0 Å². The Bertz CT molecular complexity index is 762. The number of hydrogen-bond acceptors (Lipinski definition) is 6. The van der Waals surface area contributed by atoms with Gasteiger partial charge < -0.3 is 5.11 Å². The van der Waals surface area contributed by atoms with Crippen molar-refractivity contribution in [3.63, 3.8) is 0 Å². The van der Waals surface area contributed by atoms with Gasteiger partial charge in [0.05, 0.1) is 11.6 Å². The number of hydrogen-bond donors (Lipinski definition) is 2. The molecule has 1 heterocycles. The molecule has 0 fully saturated rings. The fourth-order valence-electron chi connectivity index (χ4n) is 1.54. The van der Waals surface area contributed by atoms with E-state index in [2.05, 4.69) is 14.9 Å². The Morgan fingerprint density at radius 1 is 1.33 bits per heavy atom. The number of rotatable bonds is 5. The zero-order valence-corrected chi connectivity index (χ0v) is 13.9. The molecule has 0 bridgehead atoms. The first-order valence-corrected chi connectivity index (χ1v) is 8.87. The van der Waals surface area contributed by atoms with Crippen molar-refractivity contribution in [2.75, 3.05) is 4.72 Å². The molecule has 114 valence electrons. The number of benzene rings is 1. The lowest BCUT2D eigenvalue weighted by atomic mass is 10.2. The van der Waals surface area contributed by atoms with Crippen LogP contribution in [0.3, 0.4) is 0 Å². The molecule has 0 aliphatic carbocycles. The van der Waals surface area contributed by atoms with Crippen molar-refractivity contribution in [3.8, 4) is 0 Å². The number of sulfonamides is 1. The van der Waals surface area contributed by atoms with Gasteiger partial charge in [-0.3, -0.25) is 4.72 Å². The second kappa shape index (κ2) is 6.45. The lowest BCUT2D eigenvalue weighted by Crippen LogP contribution is -2.14. The van der Waals surface area contributed by atoms with Crippen molar-refractivity contribution >= 4 is 49.7 Å². The largest absolute Gasteiger partial charge is 0.392 e. The summed E-state index contributed by atoms with van der Waals surface area (Å²) in [6.45, 7) is 1.47. The smallest absolute Gasteiger partial charge is 0.265 e. The Morgan fingerprint density at radius 3 is 2.62 bits per heavy atom. The standard InChI is InChI=1S/C11H11Cl2N3O3S2/c1-2-9-14-15-11(20-9)16-21(18,19)8-4-7(12)3-6(5-17)10(8)13/h3-4,17H,2,5H2,1H3,(H,15,16). The number of halogens is 2. The highest BCUT2D eigenvalue weighted by molar-refractivity contribution is 7.93.